The van der Waals surface area contributed by atoms with Gasteiger partial charge in [0.1, 0.15) is 18.5 Å². The van der Waals surface area contributed by atoms with Crippen molar-refractivity contribution in [1.29, 1.82) is 0 Å². The number of anilines is 1. The van der Waals surface area contributed by atoms with Crippen LogP contribution in [0.2, 0.25) is 10.0 Å². The third-order valence-corrected chi connectivity index (χ3v) is 6.97. The number of aromatic nitrogens is 4. The number of carboxylic acids is 1. The van der Waals surface area contributed by atoms with E-state index in [-0.39, 0.29) is 19.1 Å². The van der Waals surface area contributed by atoms with E-state index in [4.69, 9.17) is 38.0 Å². The fraction of sp³-hybridized carbons (Fsp3) is 0.400. The Balaban J connectivity index is 1.75. The number of ether oxygens (including phenoxy) is 1. The molecule has 11 heteroatoms. The van der Waals surface area contributed by atoms with Gasteiger partial charge in [0.15, 0.2) is 0 Å². The number of carboxylic acid groups (broad SMARTS) is 1. The lowest BCUT2D eigenvalue weighted by Crippen LogP contribution is -2.34. The zero-order valence-electron chi connectivity index (χ0n) is 16.6. The van der Waals surface area contributed by atoms with Crippen LogP contribution in [-0.4, -0.2) is 56.6 Å². The van der Waals surface area contributed by atoms with Gasteiger partial charge in [-0.25, -0.2) is 14.6 Å². The Hall–Kier alpha value is -1.94. The molecule has 1 saturated heterocycles. The number of pyridine rings is 1. The van der Waals surface area contributed by atoms with Crippen molar-refractivity contribution in [3.8, 4) is 5.69 Å². The van der Waals surface area contributed by atoms with Crippen LogP contribution < -0.4 is 4.90 Å². The number of carbonyl (C=O) groups is 1. The predicted octanol–water partition coefficient (Wildman–Crippen LogP) is 4.59. The molecule has 0 radical (unpaired) electrons. The molecule has 1 aliphatic rings. The number of hydrogen-bond acceptors (Lipinski definition) is 6. The second-order valence-corrected chi connectivity index (χ2v) is 9.20. The van der Waals surface area contributed by atoms with Crippen molar-refractivity contribution in [1.82, 2.24) is 19.7 Å². The van der Waals surface area contributed by atoms with E-state index in [1.54, 1.807) is 11.0 Å². The molecule has 2 aromatic heterocycles. The van der Waals surface area contributed by atoms with Crippen LogP contribution in [0.15, 0.2) is 29.3 Å². The molecular weight excluding hydrogens is 509 g/mol. The van der Waals surface area contributed by atoms with Crippen LogP contribution >= 0.6 is 39.1 Å². The molecule has 1 fully saturated rings. The minimum Gasteiger partial charge on any atom is -0.481 e. The summed E-state index contributed by atoms with van der Waals surface area (Å²) in [7, 11) is 0. The second-order valence-electron chi connectivity index (χ2n) is 7.59. The summed E-state index contributed by atoms with van der Waals surface area (Å²) in [4.78, 5) is 21.8. The van der Waals surface area contributed by atoms with E-state index < -0.39 is 5.97 Å². The lowest BCUT2D eigenvalue weighted by Gasteiger charge is -2.27. The highest BCUT2D eigenvalue weighted by atomic mass is 79.9. The summed E-state index contributed by atoms with van der Waals surface area (Å²) >= 11 is 16.4. The first-order valence-electron chi connectivity index (χ1n) is 9.74. The maximum absolute atomic E-state index is 10.8. The van der Waals surface area contributed by atoms with E-state index in [0.29, 0.717) is 32.6 Å². The van der Waals surface area contributed by atoms with Gasteiger partial charge in [-0.1, -0.05) is 30.1 Å². The average Bonchev–Trinajstić information content (AvgIpc) is 3.39. The predicted molar refractivity (Wildman–Crippen MR) is 122 cm³/mol. The maximum atomic E-state index is 10.8. The van der Waals surface area contributed by atoms with Crippen LogP contribution in [0.3, 0.4) is 0 Å². The molecular formula is C20H20BrCl2N5O3. The number of aliphatic carboxylic acids is 1. The van der Waals surface area contributed by atoms with Gasteiger partial charge in [0.25, 0.3) is 0 Å². The molecule has 0 spiro atoms. The number of rotatable bonds is 7. The molecule has 0 saturated carbocycles. The van der Waals surface area contributed by atoms with E-state index in [9.17, 15) is 4.79 Å². The number of nitrogens with zero attached hydrogens (tertiary/aromatic N) is 5. The Morgan fingerprint density at radius 1 is 1.35 bits per heavy atom. The van der Waals surface area contributed by atoms with Gasteiger partial charge in [-0.05, 0) is 34.3 Å². The maximum Gasteiger partial charge on any atom is 0.305 e. The molecule has 1 aliphatic heterocycles. The summed E-state index contributed by atoms with van der Waals surface area (Å²) in [5, 5.41) is 14.7. The summed E-state index contributed by atoms with van der Waals surface area (Å²) in [6.07, 6.45) is 3.99. The van der Waals surface area contributed by atoms with Gasteiger partial charge in [-0.15, -0.1) is 0 Å². The number of benzene rings is 1. The molecule has 1 aromatic carbocycles. The van der Waals surface area contributed by atoms with Crippen molar-refractivity contribution < 1.29 is 14.6 Å². The Morgan fingerprint density at radius 3 is 2.87 bits per heavy atom. The fourth-order valence-corrected chi connectivity index (χ4v) is 4.81. The second kappa shape index (κ2) is 9.28. The zero-order chi connectivity index (χ0) is 22.1. The molecule has 0 unspecified atom stereocenters. The third kappa shape index (κ3) is 4.64. The molecule has 0 bridgehead atoms. The summed E-state index contributed by atoms with van der Waals surface area (Å²) in [5.74, 6) is 0.293. The summed E-state index contributed by atoms with van der Waals surface area (Å²) in [5.41, 5.74) is 1.35. The van der Waals surface area contributed by atoms with E-state index in [1.807, 2.05) is 12.1 Å². The van der Waals surface area contributed by atoms with Crippen LogP contribution in [0, 0.1) is 5.92 Å². The normalized spacial score (nSPS) is 18.8. The van der Waals surface area contributed by atoms with Crippen molar-refractivity contribution in [3.05, 3.63) is 39.3 Å². The molecule has 31 heavy (non-hydrogen) atoms. The van der Waals surface area contributed by atoms with Crippen LogP contribution in [-0.2, 0) is 9.53 Å². The number of hydrogen-bond donors (Lipinski definition) is 1. The van der Waals surface area contributed by atoms with E-state index in [1.165, 1.54) is 6.33 Å². The summed E-state index contributed by atoms with van der Waals surface area (Å²) < 4.78 is 7.98. The Bertz CT molecular complexity index is 1110. The molecule has 0 amide bonds. The van der Waals surface area contributed by atoms with Crippen molar-refractivity contribution in [2.45, 2.75) is 25.8 Å². The van der Waals surface area contributed by atoms with E-state index >= 15 is 0 Å². The Morgan fingerprint density at radius 2 is 2.16 bits per heavy atom. The fourth-order valence-electron chi connectivity index (χ4n) is 3.87. The molecule has 2 atom stereocenters. The average molecular weight is 529 g/mol. The van der Waals surface area contributed by atoms with Crippen molar-refractivity contribution in [2.75, 3.05) is 24.7 Å². The van der Waals surface area contributed by atoms with Crippen LogP contribution in [0.25, 0.3) is 16.6 Å². The topological polar surface area (TPSA) is 93.4 Å². The molecule has 0 aliphatic carbocycles. The van der Waals surface area contributed by atoms with Gasteiger partial charge in [-0.2, -0.15) is 5.10 Å². The quantitative estimate of drug-likeness (QED) is 0.354. The molecule has 164 valence electrons. The number of fused-ring (bicyclic) bond motifs is 1. The van der Waals surface area contributed by atoms with Crippen LogP contribution in [0.4, 0.5) is 5.82 Å². The van der Waals surface area contributed by atoms with Gasteiger partial charge < -0.3 is 14.7 Å². The highest BCUT2D eigenvalue weighted by molar-refractivity contribution is 9.10. The largest absolute Gasteiger partial charge is 0.481 e. The van der Waals surface area contributed by atoms with Gasteiger partial charge in [-0.3, -0.25) is 4.79 Å². The number of halogens is 3. The van der Waals surface area contributed by atoms with Gasteiger partial charge in [0.05, 0.1) is 46.9 Å². The molecule has 3 aromatic rings. The Kier molecular flexibility index (Phi) is 6.66. The van der Waals surface area contributed by atoms with E-state index in [0.717, 1.165) is 29.9 Å². The minimum atomic E-state index is -0.872. The molecule has 3 heterocycles. The lowest BCUT2D eigenvalue weighted by atomic mass is 10.1. The van der Waals surface area contributed by atoms with Gasteiger partial charge >= 0.3 is 5.97 Å². The van der Waals surface area contributed by atoms with Crippen molar-refractivity contribution in [3.63, 3.8) is 0 Å². The van der Waals surface area contributed by atoms with Gasteiger partial charge in [0.2, 0.25) is 0 Å². The smallest absolute Gasteiger partial charge is 0.305 e. The first kappa shape index (κ1) is 22.3. The monoisotopic (exact) mass is 527 g/mol. The molecule has 1 N–H and O–H groups in total. The standard InChI is InChI=1S/C20H20BrCl2N5O3/c1-11-4-12(8-31-3-2-17(29)30)27(7-11)16-6-15(28-10-24-9-25-28)13-5-14(21)18(22)19(23)20(13)26-16/h5-6,9-12H,2-4,7-8H2,1H3,(H,29,30)/t11-,12+/m1/s1. The first-order valence-corrected chi connectivity index (χ1v) is 11.3. The Labute approximate surface area is 197 Å². The third-order valence-electron chi connectivity index (χ3n) is 5.26. The summed E-state index contributed by atoms with van der Waals surface area (Å²) in [6, 6.07) is 3.90. The van der Waals surface area contributed by atoms with Crippen molar-refractivity contribution in [2.24, 2.45) is 5.92 Å². The highest BCUT2D eigenvalue weighted by Crippen LogP contribution is 2.40. The SMILES string of the molecule is C[C@@H]1C[C@@H](COCCC(=O)O)N(c2cc(-n3cncn3)c3cc(Br)c(Cl)c(Cl)c3n2)C1. The molecule has 8 nitrogen and oxygen atoms in total. The van der Waals surface area contributed by atoms with Gasteiger partial charge in [0, 0.05) is 22.5 Å². The zero-order valence-corrected chi connectivity index (χ0v) is 19.7. The molecule has 4 rings (SSSR count). The van der Waals surface area contributed by atoms with Crippen LogP contribution in [0.1, 0.15) is 19.8 Å². The first-order chi connectivity index (χ1) is 14.8. The van der Waals surface area contributed by atoms with E-state index in [2.05, 4.69) is 37.8 Å². The highest BCUT2D eigenvalue weighted by Gasteiger charge is 2.32. The minimum absolute atomic E-state index is 0.0179. The summed E-state index contributed by atoms with van der Waals surface area (Å²) in [6.45, 7) is 3.57. The van der Waals surface area contributed by atoms with Crippen LogP contribution in [0.5, 0.6) is 0 Å². The lowest BCUT2D eigenvalue weighted by molar-refractivity contribution is -0.138. The van der Waals surface area contributed by atoms with Crippen molar-refractivity contribution >= 4 is 61.8 Å².